The molecule has 0 unspecified atom stereocenters. The van der Waals surface area contributed by atoms with Gasteiger partial charge < -0.3 is 9.47 Å². The van der Waals surface area contributed by atoms with E-state index in [1.54, 1.807) is 13.0 Å². The molecule has 1 aliphatic rings. The Bertz CT molecular complexity index is 480. The Kier molecular flexibility index (Phi) is 5.56. The van der Waals surface area contributed by atoms with Gasteiger partial charge in [-0.15, -0.1) is 0 Å². The van der Waals surface area contributed by atoms with E-state index in [0.29, 0.717) is 19.3 Å². The summed E-state index contributed by atoms with van der Waals surface area (Å²) in [6, 6.07) is 10.2. The second-order valence-electron chi connectivity index (χ2n) is 4.76. The maximum Gasteiger partial charge on any atom is 0.330 e. The first-order chi connectivity index (χ1) is 9.78. The van der Waals surface area contributed by atoms with Crippen molar-refractivity contribution in [1.82, 2.24) is 0 Å². The van der Waals surface area contributed by atoms with Crippen LogP contribution in [0, 0.1) is 0 Å². The van der Waals surface area contributed by atoms with Crippen molar-refractivity contribution in [1.29, 1.82) is 0 Å². The molecule has 1 aliphatic carbocycles. The fourth-order valence-electron chi connectivity index (χ4n) is 2.02. The molecule has 0 aliphatic heterocycles. The van der Waals surface area contributed by atoms with E-state index < -0.39 is 0 Å². The molecule has 0 atom stereocenters. The third-order valence-corrected chi connectivity index (χ3v) is 3.16. The molecule has 0 aromatic heterocycles. The molecule has 3 heteroatoms. The van der Waals surface area contributed by atoms with Crippen LogP contribution in [0.4, 0.5) is 0 Å². The van der Waals surface area contributed by atoms with Crippen molar-refractivity contribution in [3.63, 3.8) is 0 Å². The van der Waals surface area contributed by atoms with E-state index in [0.717, 1.165) is 12.8 Å². The fourth-order valence-corrected chi connectivity index (χ4v) is 2.02. The van der Waals surface area contributed by atoms with Crippen LogP contribution in [-0.4, -0.2) is 18.7 Å². The quantitative estimate of drug-likeness (QED) is 0.588. The number of hydrogen-bond donors (Lipinski definition) is 0. The van der Waals surface area contributed by atoms with Crippen LogP contribution in [0.25, 0.3) is 0 Å². The average Bonchev–Trinajstić information content (AvgIpc) is 2.41. The minimum absolute atomic E-state index is 0.291. The van der Waals surface area contributed by atoms with Gasteiger partial charge in [0, 0.05) is 6.08 Å². The number of carbonyl (C=O) groups excluding carboxylic acids is 1. The van der Waals surface area contributed by atoms with E-state index in [-0.39, 0.29) is 5.97 Å². The van der Waals surface area contributed by atoms with Crippen LogP contribution in [0.15, 0.2) is 54.1 Å². The Morgan fingerprint density at radius 3 is 2.75 bits per heavy atom. The molecule has 106 valence electrons. The molecule has 1 saturated carbocycles. The average molecular weight is 272 g/mol. The molecular formula is C17H20O3. The lowest BCUT2D eigenvalue weighted by Crippen LogP contribution is -2.24. The van der Waals surface area contributed by atoms with Crippen molar-refractivity contribution >= 4 is 5.97 Å². The smallest absolute Gasteiger partial charge is 0.330 e. The zero-order chi connectivity index (χ0) is 14.2. The summed E-state index contributed by atoms with van der Waals surface area (Å²) in [5.74, 6) is -0.291. The van der Waals surface area contributed by atoms with Gasteiger partial charge in [-0.3, -0.25) is 0 Å². The standard InChI is InChI=1S/C17H20O3/c1-2-19-17(18)10-6-9-15-11-16(12-15)20-13-14-7-4-3-5-8-14/h3-10,16H,2,11-13H2,1H3/b10-6+,15-9?. The molecule has 0 spiro atoms. The highest BCUT2D eigenvalue weighted by Crippen LogP contribution is 2.29. The van der Waals surface area contributed by atoms with Crippen LogP contribution >= 0.6 is 0 Å². The van der Waals surface area contributed by atoms with Crippen LogP contribution in [0.2, 0.25) is 0 Å². The maximum absolute atomic E-state index is 11.1. The monoisotopic (exact) mass is 272 g/mol. The first kappa shape index (κ1) is 14.5. The second kappa shape index (κ2) is 7.65. The van der Waals surface area contributed by atoms with Crippen LogP contribution in [0.3, 0.4) is 0 Å². The van der Waals surface area contributed by atoms with E-state index in [2.05, 4.69) is 12.1 Å². The Morgan fingerprint density at radius 2 is 2.05 bits per heavy atom. The maximum atomic E-state index is 11.1. The highest BCUT2D eigenvalue weighted by Gasteiger charge is 2.22. The highest BCUT2D eigenvalue weighted by molar-refractivity contribution is 5.82. The van der Waals surface area contributed by atoms with Gasteiger partial charge in [-0.1, -0.05) is 48.1 Å². The van der Waals surface area contributed by atoms with Crippen molar-refractivity contribution in [2.24, 2.45) is 0 Å². The first-order valence-electron chi connectivity index (χ1n) is 6.96. The predicted octanol–water partition coefficient (Wildman–Crippen LogP) is 3.41. The number of rotatable bonds is 6. The molecule has 3 nitrogen and oxygen atoms in total. The van der Waals surface area contributed by atoms with Gasteiger partial charge in [0.15, 0.2) is 0 Å². The zero-order valence-electron chi connectivity index (χ0n) is 11.7. The van der Waals surface area contributed by atoms with Crippen molar-refractivity contribution in [2.45, 2.75) is 32.5 Å². The van der Waals surface area contributed by atoms with Crippen molar-refractivity contribution in [3.8, 4) is 0 Å². The summed E-state index contributed by atoms with van der Waals surface area (Å²) < 4.78 is 10.6. The minimum atomic E-state index is -0.291. The van der Waals surface area contributed by atoms with E-state index in [1.165, 1.54) is 17.2 Å². The third-order valence-electron chi connectivity index (χ3n) is 3.16. The van der Waals surface area contributed by atoms with E-state index in [4.69, 9.17) is 9.47 Å². The van der Waals surface area contributed by atoms with Gasteiger partial charge in [-0.05, 0) is 25.3 Å². The summed E-state index contributed by atoms with van der Waals surface area (Å²) in [7, 11) is 0. The molecule has 0 heterocycles. The molecule has 2 rings (SSSR count). The van der Waals surface area contributed by atoms with Crippen LogP contribution in [-0.2, 0) is 20.9 Å². The van der Waals surface area contributed by atoms with Crippen molar-refractivity contribution in [2.75, 3.05) is 6.61 Å². The van der Waals surface area contributed by atoms with Gasteiger partial charge in [0.05, 0.1) is 19.3 Å². The summed E-state index contributed by atoms with van der Waals surface area (Å²) in [4.78, 5) is 11.1. The van der Waals surface area contributed by atoms with Crippen molar-refractivity contribution in [3.05, 3.63) is 59.7 Å². The molecule has 0 saturated heterocycles. The molecule has 0 bridgehead atoms. The van der Waals surface area contributed by atoms with Gasteiger partial charge in [0.2, 0.25) is 0 Å². The number of allylic oxidation sites excluding steroid dienone is 2. The lowest BCUT2D eigenvalue weighted by Gasteiger charge is -2.29. The second-order valence-corrected chi connectivity index (χ2v) is 4.76. The molecule has 0 amide bonds. The number of carbonyl (C=O) groups is 1. The van der Waals surface area contributed by atoms with Crippen molar-refractivity contribution < 1.29 is 14.3 Å². The summed E-state index contributed by atoms with van der Waals surface area (Å²) in [6.07, 6.45) is 7.37. The SMILES string of the molecule is CCOC(=O)/C=C/C=C1CC(OCc2ccccc2)C1. The van der Waals surface area contributed by atoms with Gasteiger partial charge in [-0.2, -0.15) is 0 Å². The molecule has 20 heavy (non-hydrogen) atoms. The predicted molar refractivity (Wildman–Crippen MR) is 78.1 cm³/mol. The van der Waals surface area contributed by atoms with Gasteiger partial charge in [0.25, 0.3) is 0 Å². The summed E-state index contributed by atoms with van der Waals surface area (Å²) in [5, 5.41) is 0. The molecular weight excluding hydrogens is 252 g/mol. The van der Waals surface area contributed by atoms with E-state index >= 15 is 0 Å². The van der Waals surface area contributed by atoms with Crippen LogP contribution in [0.5, 0.6) is 0 Å². The van der Waals surface area contributed by atoms with Crippen LogP contribution < -0.4 is 0 Å². The van der Waals surface area contributed by atoms with Gasteiger partial charge >= 0.3 is 5.97 Å². The summed E-state index contributed by atoms with van der Waals surface area (Å²) in [5.41, 5.74) is 2.51. The number of benzene rings is 1. The first-order valence-corrected chi connectivity index (χ1v) is 6.96. The number of ether oxygens (including phenoxy) is 2. The van der Waals surface area contributed by atoms with E-state index in [1.807, 2.05) is 24.3 Å². The normalized spacial score (nSPS) is 17.9. The lowest BCUT2D eigenvalue weighted by molar-refractivity contribution is -0.137. The molecule has 1 aromatic carbocycles. The molecule has 0 radical (unpaired) electrons. The summed E-state index contributed by atoms with van der Waals surface area (Å²) >= 11 is 0. The van der Waals surface area contributed by atoms with E-state index in [9.17, 15) is 4.79 Å². The molecule has 1 aromatic rings. The zero-order valence-corrected chi connectivity index (χ0v) is 11.7. The topological polar surface area (TPSA) is 35.5 Å². The molecule has 0 N–H and O–H groups in total. The largest absolute Gasteiger partial charge is 0.463 e. The Balaban J connectivity index is 1.66. The Labute approximate surface area is 119 Å². The minimum Gasteiger partial charge on any atom is -0.463 e. The lowest BCUT2D eigenvalue weighted by atomic mass is 9.88. The third kappa shape index (κ3) is 4.67. The van der Waals surface area contributed by atoms with Crippen LogP contribution in [0.1, 0.15) is 25.3 Å². The molecule has 1 fully saturated rings. The number of esters is 1. The number of hydrogen-bond acceptors (Lipinski definition) is 3. The van der Waals surface area contributed by atoms with Gasteiger partial charge in [-0.25, -0.2) is 4.79 Å². The van der Waals surface area contributed by atoms with Gasteiger partial charge in [0.1, 0.15) is 0 Å². The fraction of sp³-hybridized carbons (Fsp3) is 0.353. The summed E-state index contributed by atoms with van der Waals surface area (Å²) in [6.45, 7) is 2.87. The Morgan fingerprint density at radius 1 is 1.30 bits per heavy atom. The highest BCUT2D eigenvalue weighted by atomic mass is 16.5. The Hall–Kier alpha value is -1.87.